The number of aryl methyl sites for hydroxylation is 2. The highest BCUT2D eigenvalue weighted by Crippen LogP contribution is 2.25. The van der Waals surface area contributed by atoms with E-state index >= 15 is 0 Å². The Morgan fingerprint density at radius 2 is 1.88 bits per heavy atom. The van der Waals surface area contributed by atoms with Crippen molar-refractivity contribution in [3.05, 3.63) is 41.2 Å². The second-order valence-electron chi connectivity index (χ2n) is 6.36. The third kappa shape index (κ3) is 4.84. The molecule has 0 spiro atoms. The van der Waals surface area contributed by atoms with Gasteiger partial charge in [0.1, 0.15) is 5.75 Å². The molecule has 1 N–H and O–H groups in total. The highest BCUT2D eigenvalue weighted by molar-refractivity contribution is 5.93. The average molecular weight is 359 g/mol. The van der Waals surface area contributed by atoms with Crippen molar-refractivity contribution in [2.45, 2.75) is 33.6 Å². The van der Waals surface area contributed by atoms with Gasteiger partial charge in [-0.2, -0.15) is 5.10 Å². The van der Waals surface area contributed by atoms with E-state index in [-0.39, 0.29) is 19.1 Å². The predicted octanol–water partition coefficient (Wildman–Crippen LogP) is 2.72. The Hall–Kier alpha value is -2.83. The van der Waals surface area contributed by atoms with Crippen LogP contribution in [0.25, 0.3) is 0 Å². The van der Waals surface area contributed by atoms with Crippen LogP contribution in [-0.2, 0) is 21.4 Å². The number of para-hydroxylation sites is 1. The van der Waals surface area contributed by atoms with Crippen molar-refractivity contribution in [3.63, 3.8) is 0 Å². The summed E-state index contributed by atoms with van der Waals surface area (Å²) in [5.41, 5.74) is 3.19. The topological polar surface area (TPSA) is 82.5 Å². The second kappa shape index (κ2) is 8.51. The molecule has 2 aromatic rings. The summed E-state index contributed by atoms with van der Waals surface area (Å²) >= 11 is 0. The van der Waals surface area contributed by atoms with Crippen LogP contribution in [0.5, 0.6) is 5.75 Å². The molecule has 2 rings (SSSR count). The Bertz CT molecular complexity index is 796. The molecule has 0 saturated heterocycles. The number of anilines is 1. The highest BCUT2D eigenvalue weighted by Gasteiger charge is 2.15. The first kappa shape index (κ1) is 19.5. The molecular formula is C19H25N3O4. The summed E-state index contributed by atoms with van der Waals surface area (Å²) in [4.78, 5) is 23.8. The Kier molecular flexibility index (Phi) is 6.38. The summed E-state index contributed by atoms with van der Waals surface area (Å²) in [6.45, 7) is 7.13. The lowest BCUT2D eigenvalue weighted by molar-refractivity contribution is -0.149. The number of nitrogens with zero attached hydrogens (tertiary/aromatic N) is 2. The van der Waals surface area contributed by atoms with Gasteiger partial charge in [-0.1, -0.05) is 32.0 Å². The van der Waals surface area contributed by atoms with Crippen LogP contribution in [0.15, 0.2) is 24.3 Å². The zero-order valence-electron chi connectivity index (χ0n) is 15.8. The van der Waals surface area contributed by atoms with Gasteiger partial charge in [0.25, 0.3) is 5.91 Å². The fraction of sp³-hybridized carbons (Fsp3) is 0.421. The van der Waals surface area contributed by atoms with Crippen molar-refractivity contribution >= 4 is 17.6 Å². The van der Waals surface area contributed by atoms with Gasteiger partial charge in [0.05, 0.1) is 17.1 Å². The van der Waals surface area contributed by atoms with E-state index in [1.54, 1.807) is 18.7 Å². The van der Waals surface area contributed by atoms with Crippen LogP contribution in [0.1, 0.15) is 36.7 Å². The molecule has 0 bridgehead atoms. The molecule has 0 aliphatic rings. The predicted molar refractivity (Wildman–Crippen MR) is 98.3 cm³/mol. The molecular weight excluding hydrogens is 334 g/mol. The molecule has 0 aliphatic heterocycles. The molecule has 0 unspecified atom stereocenters. The third-order valence-corrected chi connectivity index (χ3v) is 4.02. The Balaban J connectivity index is 1.83. The summed E-state index contributed by atoms with van der Waals surface area (Å²) in [5, 5.41) is 6.93. The van der Waals surface area contributed by atoms with Gasteiger partial charge in [-0.25, -0.2) is 4.79 Å². The van der Waals surface area contributed by atoms with E-state index in [0.717, 1.165) is 11.3 Å². The SMILES string of the molecule is Cc1nn(C)c(C)c1NC(=O)COC(=O)COc1ccccc1C(C)C. The van der Waals surface area contributed by atoms with Gasteiger partial charge >= 0.3 is 5.97 Å². The average Bonchev–Trinajstić information content (AvgIpc) is 2.84. The Morgan fingerprint density at radius 1 is 1.19 bits per heavy atom. The number of ether oxygens (including phenoxy) is 2. The molecule has 0 radical (unpaired) electrons. The number of carbonyl (C=O) groups excluding carboxylic acids is 2. The van der Waals surface area contributed by atoms with E-state index in [1.807, 2.05) is 45.0 Å². The van der Waals surface area contributed by atoms with Gasteiger partial charge in [0, 0.05) is 7.05 Å². The van der Waals surface area contributed by atoms with Crippen LogP contribution in [0, 0.1) is 13.8 Å². The minimum absolute atomic E-state index is 0.248. The van der Waals surface area contributed by atoms with Crippen LogP contribution in [0.2, 0.25) is 0 Å². The number of rotatable bonds is 7. The van der Waals surface area contributed by atoms with Crippen LogP contribution in [0.3, 0.4) is 0 Å². The number of carbonyl (C=O) groups is 2. The Labute approximate surface area is 153 Å². The molecule has 0 aliphatic carbocycles. The number of nitrogens with one attached hydrogen (secondary N) is 1. The molecule has 0 atom stereocenters. The molecule has 1 aromatic carbocycles. The highest BCUT2D eigenvalue weighted by atomic mass is 16.6. The number of benzene rings is 1. The van der Waals surface area contributed by atoms with E-state index in [4.69, 9.17) is 9.47 Å². The summed E-state index contributed by atoms with van der Waals surface area (Å²) in [6.07, 6.45) is 0. The van der Waals surface area contributed by atoms with Crippen molar-refractivity contribution in [1.82, 2.24) is 9.78 Å². The summed E-state index contributed by atoms with van der Waals surface area (Å²) in [7, 11) is 1.80. The largest absolute Gasteiger partial charge is 0.482 e. The van der Waals surface area contributed by atoms with Crippen LogP contribution >= 0.6 is 0 Å². The van der Waals surface area contributed by atoms with Crippen LogP contribution < -0.4 is 10.1 Å². The Morgan fingerprint density at radius 3 is 2.50 bits per heavy atom. The molecule has 26 heavy (non-hydrogen) atoms. The number of hydrogen-bond acceptors (Lipinski definition) is 5. The first-order valence-electron chi connectivity index (χ1n) is 8.47. The first-order chi connectivity index (χ1) is 12.3. The van der Waals surface area contributed by atoms with E-state index in [9.17, 15) is 9.59 Å². The van der Waals surface area contributed by atoms with E-state index in [1.165, 1.54) is 0 Å². The van der Waals surface area contributed by atoms with Gasteiger partial charge in [0.15, 0.2) is 13.2 Å². The molecule has 7 heteroatoms. The van der Waals surface area contributed by atoms with Crippen LogP contribution in [-0.4, -0.2) is 34.9 Å². The van der Waals surface area contributed by atoms with Crippen molar-refractivity contribution < 1.29 is 19.1 Å². The number of hydrogen-bond donors (Lipinski definition) is 1. The minimum Gasteiger partial charge on any atom is -0.482 e. The summed E-state index contributed by atoms with van der Waals surface area (Å²) in [6, 6.07) is 7.53. The van der Waals surface area contributed by atoms with Crippen molar-refractivity contribution in [3.8, 4) is 5.75 Å². The number of esters is 1. The van der Waals surface area contributed by atoms with Gasteiger partial charge in [-0.15, -0.1) is 0 Å². The maximum Gasteiger partial charge on any atom is 0.344 e. The lowest BCUT2D eigenvalue weighted by Crippen LogP contribution is -2.24. The first-order valence-corrected chi connectivity index (χ1v) is 8.47. The van der Waals surface area contributed by atoms with E-state index in [0.29, 0.717) is 17.1 Å². The maximum atomic E-state index is 12.0. The lowest BCUT2D eigenvalue weighted by atomic mass is 10.0. The zero-order chi connectivity index (χ0) is 19.3. The van der Waals surface area contributed by atoms with Gasteiger partial charge in [-0.05, 0) is 31.4 Å². The standard InChI is InChI=1S/C19H25N3O4/c1-12(2)15-8-6-7-9-16(15)25-11-18(24)26-10-17(23)20-19-13(3)21-22(5)14(19)4/h6-9,12H,10-11H2,1-5H3,(H,20,23). The zero-order valence-corrected chi connectivity index (χ0v) is 15.8. The molecule has 7 nitrogen and oxygen atoms in total. The molecule has 1 amide bonds. The monoisotopic (exact) mass is 359 g/mol. The number of aromatic nitrogens is 2. The summed E-state index contributed by atoms with van der Waals surface area (Å²) < 4.78 is 12.2. The van der Waals surface area contributed by atoms with Crippen molar-refractivity contribution in [2.24, 2.45) is 7.05 Å². The van der Waals surface area contributed by atoms with Gasteiger partial charge in [-0.3, -0.25) is 9.48 Å². The third-order valence-electron chi connectivity index (χ3n) is 4.02. The van der Waals surface area contributed by atoms with Gasteiger partial charge in [0.2, 0.25) is 0 Å². The fourth-order valence-electron chi connectivity index (χ4n) is 2.54. The second-order valence-corrected chi connectivity index (χ2v) is 6.36. The van der Waals surface area contributed by atoms with Crippen LogP contribution in [0.4, 0.5) is 5.69 Å². The van der Waals surface area contributed by atoms with E-state index in [2.05, 4.69) is 10.4 Å². The van der Waals surface area contributed by atoms with Crippen molar-refractivity contribution in [2.75, 3.05) is 18.5 Å². The van der Waals surface area contributed by atoms with Gasteiger partial charge < -0.3 is 14.8 Å². The lowest BCUT2D eigenvalue weighted by Gasteiger charge is -2.13. The fourth-order valence-corrected chi connectivity index (χ4v) is 2.54. The minimum atomic E-state index is -0.599. The number of amides is 1. The molecule has 1 heterocycles. The molecule has 0 saturated carbocycles. The van der Waals surface area contributed by atoms with Crippen molar-refractivity contribution in [1.29, 1.82) is 0 Å². The normalized spacial score (nSPS) is 10.7. The smallest absolute Gasteiger partial charge is 0.344 e. The molecule has 0 fully saturated rings. The maximum absolute atomic E-state index is 12.0. The summed E-state index contributed by atoms with van der Waals surface area (Å²) in [5.74, 6) is -0.0945. The quantitative estimate of drug-likeness (QED) is 0.769. The van der Waals surface area contributed by atoms with E-state index < -0.39 is 11.9 Å². The molecule has 1 aromatic heterocycles. The molecule has 140 valence electrons.